The molecule has 0 aromatic heterocycles. The molecular formula is C11H8F6. The van der Waals surface area contributed by atoms with Gasteiger partial charge in [-0.15, -0.1) is 0 Å². The van der Waals surface area contributed by atoms with Gasteiger partial charge in [0.2, 0.25) is 0 Å². The fraction of sp³-hybridized carbons (Fsp3) is 0.455. The molecule has 2 rings (SSSR count). The Balaban J connectivity index is 2.11. The molecule has 0 heterocycles. The normalized spacial score (nSPS) is 24.8. The number of hydrogen-bond donors (Lipinski definition) is 0. The van der Waals surface area contributed by atoms with E-state index >= 15 is 0 Å². The molecule has 0 radical (unpaired) electrons. The summed E-state index contributed by atoms with van der Waals surface area (Å²) in [6, 6.07) is 3.89. The van der Waals surface area contributed by atoms with Crippen molar-refractivity contribution in [3.8, 4) is 0 Å². The molecule has 0 bridgehead atoms. The lowest BCUT2D eigenvalue weighted by molar-refractivity contribution is -0.148. The summed E-state index contributed by atoms with van der Waals surface area (Å²) in [7, 11) is 0. The first-order valence-corrected chi connectivity index (χ1v) is 4.93. The summed E-state index contributed by atoms with van der Waals surface area (Å²) in [5.74, 6) is -2.09. The Morgan fingerprint density at radius 3 is 1.76 bits per heavy atom. The molecule has 0 saturated heterocycles. The van der Waals surface area contributed by atoms with Crippen LogP contribution in [0.25, 0.3) is 0 Å². The van der Waals surface area contributed by atoms with E-state index in [9.17, 15) is 26.3 Å². The molecule has 0 aliphatic heterocycles. The zero-order valence-corrected chi connectivity index (χ0v) is 8.44. The Bertz CT molecular complexity index is 399. The average molecular weight is 254 g/mol. The second kappa shape index (κ2) is 3.65. The first kappa shape index (κ1) is 12.3. The van der Waals surface area contributed by atoms with E-state index in [1.165, 1.54) is 0 Å². The van der Waals surface area contributed by atoms with Crippen LogP contribution in [0.1, 0.15) is 23.5 Å². The number of benzene rings is 1. The predicted octanol–water partition coefficient (Wildman–Crippen LogP) is 4.37. The summed E-state index contributed by atoms with van der Waals surface area (Å²) < 4.78 is 73.5. The van der Waals surface area contributed by atoms with Crippen molar-refractivity contribution in [2.45, 2.75) is 24.7 Å². The summed E-state index contributed by atoms with van der Waals surface area (Å²) >= 11 is 0. The van der Waals surface area contributed by atoms with E-state index in [0.717, 1.165) is 24.3 Å². The van der Waals surface area contributed by atoms with Gasteiger partial charge in [0.1, 0.15) is 0 Å². The molecule has 0 N–H and O–H groups in total. The minimum atomic E-state index is -4.45. The van der Waals surface area contributed by atoms with Gasteiger partial charge in [0, 0.05) is 0 Å². The molecule has 1 aliphatic carbocycles. The molecule has 6 heteroatoms. The maximum absolute atomic E-state index is 12.3. The van der Waals surface area contributed by atoms with Crippen LogP contribution in [0.5, 0.6) is 0 Å². The molecule has 94 valence electrons. The van der Waals surface area contributed by atoms with Crippen molar-refractivity contribution in [2.75, 3.05) is 0 Å². The van der Waals surface area contributed by atoms with Crippen LogP contribution in [0.15, 0.2) is 24.3 Å². The predicted molar refractivity (Wildman–Crippen MR) is 48.3 cm³/mol. The standard InChI is InChI=1S/C11H8F6/c12-10(13,14)7-3-1-6(2-4-7)8-5-9(8)11(15,16)17/h1-4,8-9H,5H2/t8-,9+/m0/s1. The van der Waals surface area contributed by atoms with Gasteiger partial charge in [-0.05, 0) is 30.0 Å². The highest BCUT2D eigenvalue weighted by atomic mass is 19.4. The van der Waals surface area contributed by atoms with Crippen molar-refractivity contribution < 1.29 is 26.3 Å². The average Bonchev–Trinajstić information content (AvgIpc) is 2.95. The van der Waals surface area contributed by atoms with Crippen molar-refractivity contribution in [2.24, 2.45) is 5.92 Å². The topological polar surface area (TPSA) is 0 Å². The summed E-state index contributed by atoms with van der Waals surface area (Å²) in [5, 5.41) is 0. The molecular weight excluding hydrogens is 246 g/mol. The van der Waals surface area contributed by atoms with Gasteiger partial charge in [-0.2, -0.15) is 26.3 Å². The van der Waals surface area contributed by atoms with Crippen molar-refractivity contribution >= 4 is 0 Å². The van der Waals surface area contributed by atoms with Gasteiger partial charge in [0.25, 0.3) is 0 Å². The van der Waals surface area contributed by atoms with E-state index in [2.05, 4.69) is 0 Å². The van der Waals surface area contributed by atoms with Gasteiger partial charge in [0.05, 0.1) is 11.5 Å². The van der Waals surface area contributed by atoms with Crippen molar-refractivity contribution in [1.82, 2.24) is 0 Å². The minimum Gasteiger partial charge on any atom is -0.171 e. The third-order valence-electron chi connectivity index (χ3n) is 2.88. The van der Waals surface area contributed by atoms with Crippen molar-refractivity contribution in [1.29, 1.82) is 0 Å². The Labute approximate surface area is 93.2 Å². The molecule has 1 aliphatic rings. The Hall–Kier alpha value is -1.20. The Kier molecular flexibility index (Phi) is 2.63. The lowest BCUT2D eigenvalue weighted by Gasteiger charge is -2.08. The van der Waals surface area contributed by atoms with Crippen LogP contribution in [-0.4, -0.2) is 6.18 Å². The molecule has 0 nitrogen and oxygen atoms in total. The Morgan fingerprint density at radius 1 is 0.882 bits per heavy atom. The summed E-state index contributed by atoms with van der Waals surface area (Å²) in [4.78, 5) is 0. The van der Waals surface area contributed by atoms with Gasteiger partial charge in [-0.3, -0.25) is 0 Å². The monoisotopic (exact) mass is 254 g/mol. The number of halogens is 6. The zero-order valence-electron chi connectivity index (χ0n) is 8.44. The van der Waals surface area contributed by atoms with Crippen LogP contribution in [0.2, 0.25) is 0 Å². The van der Waals surface area contributed by atoms with Gasteiger partial charge >= 0.3 is 12.4 Å². The highest BCUT2D eigenvalue weighted by Gasteiger charge is 2.56. The Morgan fingerprint density at radius 2 is 1.41 bits per heavy atom. The largest absolute Gasteiger partial charge is 0.416 e. The zero-order chi connectivity index (χ0) is 12.8. The summed E-state index contributed by atoms with van der Waals surface area (Å²) in [6.45, 7) is 0. The van der Waals surface area contributed by atoms with Crippen LogP contribution in [0, 0.1) is 5.92 Å². The highest BCUT2D eigenvalue weighted by molar-refractivity contribution is 5.31. The van der Waals surface area contributed by atoms with Gasteiger partial charge in [0.15, 0.2) is 0 Å². The second-order valence-corrected chi connectivity index (χ2v) is 4.11. The van der Waals surface area contributed by atoms with Crippen molar-refractivity contribution in [3.05, 3.63) is 35.4 Å². The number of rotatable bonds is 1. The number of alkyl halides is 6. The SMILES string of the molecule is FC(F)(F)c1ccc([C@@H]2C[C@H]2C(F)(F)F)cc1. The quantitative estimate of drug-likeness (QED) is 0.653. The van der Waals surface area contributed by atoms with Crippen LogP contribution >= 0.6 is 0 Å². The van der Waals surface area contributed by atoms with E-state index in [4.69, 9.17) is 0 Å². The maximum Gasteiger partial charge on any atom is 0.416 e. The molecule has 1 aromatic carbocycles. The summed E-state index contributed by atoms with van der Waals surface area (Å²) in [5.41, 5.74) is -0.522. The van der Waals surface area contributed by atoms with E-state index in [1.807, 2.05) is 0 Å². The first-order valence-electron chi connectivity index (χ1n) is 4.93. The van der Waals surface area contributed by atoms with Crippen LogP contribution in [0.3, 0.4) is 0 Å². The highest BCUT2D eigenvalue weighted by Crippen LogP contribution is 2.56. The first-order chi connectivity index (χ1) is 7.69. The fourth-order valence-electron chi connectivity index (χ4n) is 1.84. The van der Waals surface area contributed by atoms with Crippen LogP contribution in [-0.2, 0) is 6.18 Å². The second-order valence-electron chi connectivity index (χ2n) is 4.11. The lowest BCUT2D eigenvalue weighted by atomic mass is 10.1. The van der Waals surface area contributed by atoms with E-state index < -0.39 is 29.8 Å². The molecule has 1 aromatic rings. The maximum atomic E-state index is 12.3. The van der Waals surface area contributed by atoms with Crippen LogP contribution in [0.4, 0.5) is 26.3 Å². The van der Waals surface area contributed by atoms with Gasteiger partial charge < -0.3 is 0 Å². The molecule has 1 fully saturated rings. The van der Waals surface area contributed by atoms with E-state index in [1.54, 1.807) is 0 Å². The van der Waals surface area contributed by atoms with Gasteiger partial charge in [-0.1, -0.05) is 12.1 Å². The third kappa shape index (κ3) is 2.56. The third-order valence-corrected chi connectivity index (χ3v) is 2.88. The van der Waals surface area contributed by atoms with Crippen molar-refractivity contribution in [3.63, 3.8) is 0 Å². The van der Waals surface area contributed by atoms with E-state index in [0.29, 0.717) is 5.56 Å². The summed E-state index contributed by atoms with van der Waals surface area (Å²) in [6.07, 6.45) is -8.74. The van der Waals surface area contributed by atoms with Gasteiger partial charge in [-0.25, -0.2) is 0 Å². The number of hydrogen-bond acceptors (Lipinski definition) is 0. The molecule has 0 unspecified atom stereocenters. The molecule has 0 spiro atoms. The molecule has 1 saturated carbocycles. The molecule has 2 atom stereocenters. The van der Waals surface area contributed by atoms with E-state index in [-0.39, 0.29) is 6.42 Å². The lowest BCUT2D eigenvalue weighted by Crippen LogP contribution is -2.11. The fourth-order valence-corrected chi connectivity index (χ4v) is 1.84. The minimum absolute atomic E-state index is 0.0329. The molecule has 17 heavy (non-hydrogen) atoms. The molecule has 0 amide bonds. The smallest absolute Gasteiger partial charge is 0.171 e. The van der Waals surface area contributed by atoms with Crippen LogP contribution < -0.4 is 0 Å².